The first-order valence-electron chi connectivity index (χ1n) is 13.2. The minimum Gasteiger partial charge on any atom is -0.497 e. The molecule has 0 saturated carbocycles. The molecule has 0 bridgehead atoms. The van der Waals surface area contributed by atoms with Gasteiger partial charge in [0.05, 0.1) is 24.1 Å². The second kappa shape index (κ2) is 11.3. The summed E-state index contributed by atoms with van der Waals surface area (Å²) in [7, 11) is 1.63. The predicted molar refractivity (Wildman–Crippen MR) is 158 cm³/mol. The topological polar surface area (TPSA) is 54.8 Å². The van der Waals surface area contributed by atoms with Gasteiger partial charge in [-0.1, -0.05) is 61.2 Å². The SMILES string of the molecule is CCc1cccc2c(/C=C3\SC(=S)N(Cc4ccc(OC)cc4)C3=O)cn(CC(=O)N3CCCC[C@H]3C)c12. The van der Waals surface area contributed by atoms with Crippen LogP contribution >= 0.6 is 24.0 Å². The van der Waals surface area contributed by atoms with Gasteiger partial charge in [0, 0.05) is 29.7 Å². The van der Waals surface area contributed by atoms with Crippen LogP contribution in [0.25, 0.3) is 17.0 Å². The fourth-order valence-electron chi connectivity index (χ4n) is 5.39. The zero-order valence-electron chi connectivity index (χ0n) is 22.1. The number of ether oxygens (including phenoxy) is 1. The average Bonchev–Trinajstić information content (AvgIpc) is 3.40. The van der Waals surface area contributed by atoms with Crippen LogP contribution in [0.3, 0.4) is 0 Å². The van der Waals surface area contributed by atoms with Gasteiger partial charge < -0.3 is 14.2 Å². The van der Waals surface area contributed by atoms with Crippen LogP contribution in [0.15, 0.2) is 53.6 Å². The number of hydrogen-bond donors (Lipinski definition) is 0. The number of hydrogen-bond acceptors (Lipinski definition) is 5. The highest BCUT2D eigenvalue weighted by Gasteiger charge is 2.32. The number of aryl methyl sites for hydroxylation is 1. The molecule has 0 aliphatic carbocycles. The molecule has 2 fully saturated rings. The number of thiocarbonyl (C=S) groups is 1. The summed E-state index contributed by atoms with van der Waals surface area (Å²) < 4.78 is 7.85. The number of methoxy groups -OCH3 is 1. The molecule has 38 heavy (non-hydrogen) atoms. The monoisotopic (exact) mass is 547 g/mol. The van der Waals surface area contributed by atoms with E-state index in [0.717, 1.165) is 53.6 Å². The number of nitrogens with zero attached hydrogens (tertiary/aromatic N) is 3. The Morgan fingerprint density at radius 2 is 1.97 bits per heavy atom. The third kappa shape index (κ3) is 5.24. The fraction of sp³-hybridized carbons (Fsp3) is 0.367. The zero-order valence-corrected chi connectivity index (χ0v) is 23.7. The minimum absolute atomic E-state index is 0.0958. The number of fused-ring (bicyclic) bond motifs is 1. The van der Waals surface area contributed by atoms with Crippen molar-refractivity contribution < 1.29 is 14.3 Å². The van der Waals surface area contributed by atoms with Crippen LogP contribution in [0.2, 0.25) is 0 Å². The molecule has 2 saturated heterocycles. The van der Waals surface area contributed by atoms with E-state index in [4.69, 9.17) is 17.0 Å². The van der Waals surface area contributed by atoms with E-state index in [1.165, 1.54) is 23.7 Å². The number of aromatic nitrogens is 1. The van der Waals surface area contributed by atoms with Gasteiger partial charge in [-0.15, -0.1) is 0 Å². The van der Waals surface area contributed by atoms with E-state index < -0.39 is 0 Å². The minimum atomic E-state index is -0.0958. The van der Waals surface area contributed by atoms with Crippen LogP contribution in [0.1, 0.15) is 49.8 Å². The molecule has 0 unspecified atom stereocenters. The lowest BCUT2D eigenvalue weighted by Gasteiger charge is -2.33. The molecule has 6 nitrogen and oxygen atoms in total. The normalized spacial score (nSPS) is 19.1. The Hall–Kier alpha value is -3.10. The van der Waals surface area contributed by atoms with Crippen LogP contribution in [0, 0.1) is 0 Å². The summed E-state index contributed by atoms with van der Waals surface area (Å²) in [6.07, 6.45) is 8.11. The number of benzene rings is 2. The van der Waals surface area contributed by atoms with Gasteiger partial charge >= 0.3 is 0 Å². The largest absolute Gasteiger partial charge is 0.497 e. The van der Waals surface area contributed by atoms with E-state index in [1.807, 2.05) is 47.5 Å². The van der Waals surface area contributed by atoms with Crippen molar-refractivity contribution >= 4 is 57.1 Å². The summed E-state index contributed by atoms with van der Waals surface area (Å²) in [6.45, 7) is 5.80. The first kappa shape index (κ1) is 26.5. The number of para-hydroxylation sites is 1. The van der Waals surface area contributed by atoms with Crippen molar-refractivity contribution in [2.45, 2.75) is 58.7 Å². The molecule has 3 aromatic rings. The third-order valence-corrected chi connectivity index (χ3v) is 8.86. The van der Waals surface area contributed by atoms with E-state index in [2.05, 4.69) is 30.5 Å². The second-order valence-corrected chi connectivity index (χ2v) is 11.6. The van der Waals surface area contributed by atoms with Gasteiger partial charge in [0.1, 0.15) is 16.6 Å². The summed E-state index contributed by atoms with van der Waals surface area (Å²) in [5.41, 5.74) is 4.17. The average molecular weight is 548 g/mol. The maximum Gasteiger partial charge on any atom is 0.266 e. The van der Waals surface area contributed by atoms with Crippen LogP contribution in [-0.4, -0.2) is 50.2 Å². The Labute approximate surface area is 233 Å². The molecule has 2 aromatic carbocycles. The first-order chi connectivity index (χ1) is 18.4. The van der Waals surface area contributed by atoms with Crippen molar-refractivity contribution in [2.75, 3.05) is 13.7 Å². The van der Waals surface area contributed by atoms with Crippen molar-refractivity contribution in [2.24, 2.45) is 0 Å². The third-order valence-electron chi connectivity index (χ3n) is 7.48. The molecular formula is C30H33N3O3S2. The fourth-order valence-corrected chi connectivity index (χ4v) is 6.63. The van der Waals surface area contributed by atoms with Gasteiger partial charge in [0.2, 0.25) is 5.91 Å². The smallest absolute Gasteiger partial charge is 0.266 e. The summed E-state index contributed by atoms with van der Waals surface area (Å²) in [5, 5.41) is 1.05. The lowest BCUT2D eigenvalue weighted by Crippen LogP contribution is -2.43. The highest BCUT2D eigenvalue weighted by molar-refractivity contribution is 8.26. The summed E-state index contributed by atoms with van der Waals surface area (Å²) in [4.78, 5) is 31.0. The summed E-state index contributed by atoms with van der Waals surface area (Å²) in [5.74, 6) is 0.828. The van der Waals surface area contributed by atoms with E-state index in [0.29, 0.717) is 22.3 Å². The number of rotatable bonds is 7. The standard InChI is InChI=1S/C30H33N3O3S2/c1-4-22-9-7-10-25-23(18-31(28(22)25)19-27(34)32-15-6-5-8-20(32)2)16-26-29(35)33(30(37)38-26)17-21-11-13-24(36-3)14-12-21/h7,9-14,16,18,20H,4-6,8,15,17,19H2,1-3H3/b26-16-/t20-/m1/s1. The molecule has 0 N–H and O–H groups in total. The highest BCUT2D eigenvalue weighted by atomic mass is 32.2. The number of carbonyl (C=O) groups is 2. The van der Waals surface area contributed by atoms with Gasteiger partial charge in [0.25, 0.3) is 5.91 Å². The van der Waals surface area contributed by atoms with Gasteiger partial charge in [-0.05, 0) is 61.9 Å². The number of thioether (sulfide) groups is 1. The molecule has 0 spiro atoms. The summed E-state index contributed by atoms with van der Waals surface area (Å²) >= 11 is 6.91. The van der Waals surface area contributed by atoms with Crippen molar-refractivity contribution in [3.63, 3.8) is 0 Å². The number of piperidine rings is 1. The zero-order chi connectivity index (χ0) is 26.8. The molecule has 198 valence electrons. The van der Waals surface area contributed by atoms with E-state index >= 15 is 0 Å². The Balaban J connectivity index is 1.44. The molecule has 2 amide bonds. The quantitative estimate of drug-likeness (QED) is 0.268. The maximum absolute atomic E-state index is 13.4. The van der Waals surface area contributed by atoms with Gasteiger partial charge in [-0.3, -0.25) is 14.5 Å². The molecule has 8 heteroatoms. The van der Waals surface area contributed by atoms with Gasteiger partial charge in [-0.2, -0.15) is 0 Å². The summed E-state index contributed by atoms with van der Waals surface area (Å²) in [6, 6.07) is 14.2. The molecule has 1 aromatic heterocycles. The van der Waals surface area contributed by atoms with E-state index in [1.54, 1.807) is 12.0 Å². The molecule has 5 rings (SSSR count). The Morgan fingerprint density at radius 3 is 2.68 bits per heavy atom. The number of amides is 2. The Morgan fingerprint density at radius 1 is 1.18 bits per heavy atom. The predicted octanol–water partition coefficient (Wildman–Crippen LogP) is 6.01. The lowest BCUT2D eigenvalue weighted by molar-refractivity contribution is -0.135. The molecule has 0 radical (unpaired) electrons. The number of carbonyl (C=O) groups excluding carboxylic acids is 2. The van der Waals surface area contributed by atoms with E-state index in [9.17, 15) is 9.59 Å². The van der Waals surface area contributed by atoms with Crippen LogP contribution < -0.4 is 4.74 Å². The Bertz CT molecular complexity index is 1410. The first-order valence-corrected chi connectivity index (χ1v) is 14.4. The number of likely N-dealkylation sites (tertiary alicyclic amines) is 1. The van der Waals surface area contributed by atoms with Crippen LogP contribution in [0.5, 0.6) is 5.75 Å². The van der Waals surface area contributed by atoms with Crippen molar-refractivity contribution in [3.05, 3.63) is 70.3 Å². The van der Waals surface area contributed by atoms with Crippen LogP contribution in [-0.2, 0) is 29.1 Å². The molecular weight excluding hydrogens is 514 g/mol. The van der Waals surface area contributed by atoms with Crippen molar-refractivity contribution in [1.29, 1.82) is 0 Å². The second-order valence-electron chi connectivity index (χ2n) is 9.93. The molecule has 1 atom stereocenters. The molecule has 2 aliphatic heterocycles. The van der Waals surface area contributed by atoms with Crippen molar-refractivity contribution in [3.8, 4) is 5.75 Å². The maximum atomic E-state index is 13.4. The van der Waals surface area contributed by atoms with Gasteiger partial charge in [-0.25, -0.2) is 0 Å². The highest BCUT2D eigenvalue weighted by Crippen LogP contribution is 2.36. The lowest BCUT2D eigenvalue weighted by atomic mass is 10.0. The molecule has 3 heterocycles. The molecule has 2 aliphatic rings. The van der Waals surface area contributed by atoms with Crippen molar-refractivity contribution in [1.82, 2.24) is 14.4 Å². The van der Waals surface area contributed by atoms with Crippen LogP contribution in [0.4, 0.5) is 0 Å². The van der Waals surface area contributed by atoms with E-state index in [-0.39, 0.29) is 17.9 Å². The van der Waals surface area contributed by atoms with Gasteiger partial charge in [0.15, 0.2) is 0 Å². The Kier molecular flexibility index (Phi) is 7.91.